The Labute approximate surface area is 207 Å². The van der Waals surface area contributed by atoms with Gasteiger partial charge in [-0.15, -0.1) is 11.8 Å². The highest BCUT2D eigenvalue weighted by Gasteiger charge is 2.41. The highest BCUT2D eigenvalue weighted by molar-refractivity contribution is 8.04. The van der Waals surface area contributed by atoms with Crippen LogP contribution in [-0.2, 0) is 16.0 Å². The van der Waals surface area contributed by atoms with E-state index in [9.17, 15) is 9.59 Å². The molecule has 2 aliphatic heterocycles. The molecule has 1 saturated carbocycles. The van der Waals surface area contributed by atoms with Gasteiger partial charge in [0.05, 0.1) is 4.91 Å². The van der Waals surface area contributed by atoms with E-state index in [2.05, 4.69) is 30.3 Å². The van der Waals surface area contributed by atoms with E-state index < -0.39 is 0 Å². The molecule has 0 spiro atoms. The average Bonchev–Trinajstić information content (AvgIpc) is 2.88. The Kier molecular flexibility index (Phi) is 7.39. The van der Waals surface area contributed by atoms with Crippen LogP contribution in [0.25, 0.3) is 6.08 Å². The van der Waals surface area contributed by atoms with E-state index in [1.807, 2.05) is 46.2 Å². The van der Waals surface area contributed by atoms with Crippen LogP contribution in [0.2, 0.25) is 0 Å². The Morgan fingerprint density at radius 2 is 1.59 bits per heavy atom. The number of fused-ring (bicyclic) bond motifs is 1. The number of likely N-dealkylation sites (tertiary alicyclic amines) is 1. The number of nitrogens with zero attached hydrogens (tertiary/aromatic N) is 2. The van der Waals surface area contributed by atoms with Crippen LogP contribution in [0.4, 0.5) is 0 Å². The van der Waals surface area contributed by atoms with Gasteiger partial charge in [0.25, 0.3) is 5.91 Å². The second-order valence-corrected chi connectivity index (χ2v) is 11.2. The van der Waals surface area contributed by atoms with Crippen molar-refractivity contribution in [3.63, 3.8) is 0 Å². The number of hydrogen-bond donors (Lipinski definition) is 0. The van der Waals surface area contributed by atoms with Crippen molar-refractivity contribution in [3.05, 3.63) is 76.7 Å². The predicted molar refractivity (Wildman–Crippen MR) is 139 cm³/mol. The van der Waals surface area contributed by atoms with Crippen molar-refractivity contribution in [1.82, 2.24) is 9.80 Å². The summed E-state index contributed by atoms with van der Waals surface area (Å²) in [6, 6.07) is 20.9. The molecule has 2 aromatic carbocycles. The van der Waals surface area contributed by atoms with Crippen molar-refractivity contribution < 1.29 is 9.59 Å². The van der Waals surface area contributed by atoms with E-state index in [0.29, 0.717) is 11.2 Å². The number of carbonyl (C=O) groups is 2. The first-order valence-corrected chi connectivity index (χ1v) is 13.6. The molecule has 3 fully saturated rings. The van der Waals surface area contributed by atoms with E-state index in [1.165, 1.54) is 12.0 Å². The number of rotatable bonds is 5. The molecule has 2 saturated heterocycles. The number of hydrogen-bond acceptors (Lipinski definition) is 3. The number of benzene rings is 2. The van der Waals surface area contributed by atoms with E-state index >= 15 is 0 Å². The zero-order valence-corrected chi connectivity index (χ0v) is 20.6. The molecule has 0 bridgehead atoms. The molecule has 4 nitrogen and oxygen atoms in total. The van der Waals surface area contributed by atoms with Crippen molar-refractivity contribution in [3.8, 4) is 0 Å². The lowest BCUT2D eigenvalue weighted by atomic mass is 9.90. The third-order valence-electron chi connectivity index (χ3n) is 7.56. The molecule has 5 heteroatoms. The minimum Gasteiger partial charge on any atom is -0.341 e. The van der Waals surface area contributed by atoms with Gasteiger partial charge >= 0.3 is 0 Å². The summed E-state index contributed by atoms with van der Waals surface area (Å²) in [6.45, 7) is 1.82. The van der Waals surface area contributed by atoms with Crippen LogP contribution < -0.4 is 0 Å². The van der Waals surface area contributed by atoms with Gasteiger partial charge in [-0.2, -0.15) is 0 Å². The summed E-state index contributed by atoms with van der Waals surface area (Å²) in [5.41, 5.74) is 2.42. The smallest absolute Gasteiger partial charge is 0.261 e. The summed E-state index contributed by atoms with van der Waals surface area (Å²) in [6.07, 6.45) is 9.64. The summed E-state index contributed by atoms with van der Waals surface area (Å²) in [5.74, 6) is 0.772. The van der Waals surface area contributed by atoms with Crippen molar-refractivity contribution in [1.29, 1.82) is 0 Å². The van der Waals surface area contributed by atoms with Crippen molar-refractivity contribution in [2.45, 2.75) is 56.2 Å². The molecule has 178 valence electrons. The minimum absolute atomic E-state index is 0.0318. The maximum atomic E-state index is 13.5. The van der Waals surface area contributed by atoms with E-state index in [0.717, 1.165) is 62.1 Å². The van der Waals surface area contributed by atoms with Crippen molar-refractivity contribution in [2.24, 2.45) is 5.92 Å². The second kappa shape index (κ2) is 10.8. The Bertz CT molecular complexity index is 1010. The maximum absolute atomic E-state index is 13.5. The summed E-state index contributed by atoms with van der Waals surface area (Å²) in [5, 5.41) is 0.394. The van der Waals surface area contributed by atoms with Crippen LogP contribution in [0.5, 0.6) is 0 Å². The van der Waals surface area contributed by atoms with Crippen molar-refractivity contribution >= 4 is 29.7 Å². The molecule has 1 aliphatic carbocycles. The van der Waals surface area contributed by atoms with Crippen LogP contribution in [0.3, 0.4) is 0 Å². The Morgan fingerprint density at radius 1 is 0.912 bits per heavy atom. The molecule has 0 radical (unpaired) electrons. The van der Waals surface area contributed by atoms with Gasteiger partial charge in [0.1, 0.15) is 6.54 Å². The third-order valence-corrected chi connectivity index (χ3v) is 8.95. The SMILES string of the molecule is O=C(CN1C(=O)/C(=C/c2ccccc2)SC2CCCCC21)N1CCC(Cc2ccccc2)CC1. The van der Waals surface area contributed by atoms with Gasteiger partial charge in [0, 0.05) is 24.4 Å². The molecule has 34 heavy (non-hydrogen) atoms. The highest BCUT2D eigenvalue weighted by atomic mass is 32.2. The Hall–Kier alpha value is -2.53. The Balaban J connectivity index is 1.24. The first-order chi connectivity index (χ1) is 16.7. The lowest BCUT2D eigenvalue weighted by molar-refractivity contribution is -0.141. The summed E-state index contributed by atoms with van der Waals surface area (Å²) in [7, 11) is 0. The maximum Gasteiger partial charge on any atom is 0.261 e. The molecule has 5 rings (SSSR count). The van der Waals surface area contributed by atoms with Gasteiger partial charge < -0.3 is 9.80 Å². The normalized spacial score (nSPS) is 24.8. The predicted octanol–water partition coefficient (Wildman–Crippen LogP) is 5.40. The lowest BCUT2D eigenvalue weighted by Gasteiger charge is -2.44. The molecule has 3 aliphatic rings. The van der Waals surface area contributed by atoms with Gasteiger partial charge in [-0.25, -0.2) is 0 Å². The van der Waals surface area contributed by atoms with Gasteiger partial charge in [-0.05, 0) is 55.2 Å². The van der Waals surface area contributed by atoms with Crippen LogP contribution in [0.1, 0.15) is 49.7 Å². The second-order valence-electron chi connectivity index (χ2n) is 9.87. The van der Waals surface area contributed by atoms with E-state index in [4.69, 9.17) is 0 Å². The topological polar surface area (TPSA) is 40.6 Å². The van der Waals surface area contributed by atoms with Crippen LogP contribution >= 0.6 is 11.8 Å². The molecule has 2 heterocycles. The first-order valence-electron chi connectivity index (χ1n) is 12.7. The quantitative estimate of drug-likeness (QED) is 0.545. The molecular weight excluding hydrogens is 440 g/mol. The van der Waals surface area contributed by atoms with E-state index in [1.54, 1.807) is 11.8 Å². The molecule has 2 amide bonds. The van der Waals surface area contributed by atoms with Gasteiger partial charge in [0.15, 0.2) is 0 Å². The van der Waals surface area contributed by atoms with E-state index in [-0.39, 0.29) is 24.4 Å². The van der Waals surface area contributed by atoms with Gasteiger partial charge in [-0.1, -0.05) is 73.5 Å². The molecule has 0 aromatic heterocycles. The molecule has 2 aromatic rings. The van der Waals surface area contributed by atoms with Crippen molar-refractivity contribution in [2.75, 3.05) is 19.6 Å². The molecular formula is C29H34N2O2S. The largest absolute Gasteiger partial charge is 0.341 e. The third kappa shape index (κ3) is 5.41. The summed E-state index contributed by atoms with van der Waals surface area (Å²) in [4.78, 5) is 31.5. The summed E-state index contributed by atoms with van der Waals surface area (Å²) < 4.78 is 0. The molecule has 0 N–H and O–H groups in total. The van der Waals surface area contributed by atoms with Crippen LogP contribution in [0.15, 0.2) is 65.6 Å². The van der Waals surface area contributed by atoms with Gasteiger partial charge in [-0.3, -0.25) is 9.59 Å². The first kappa shape index (κ1) is 23.2. The zero-order valence-electron chi connectivity index (χ0n) is 19.8. The number of thioether (sulfide) groups is 1. The Morgan fingerprint density at radius 3 is 2.32 bits per heavy atom. The fourth-order valence-corrected chi connectivity index (χ4v) is 7.11. The minimum atomic E-state index is 0.0318. The number of piperidine rings is 1. The van der Waals surface area contributed by atoms with Gasteiger partial charge in [0.2, 0.25) is 5.91 Å². The number of carbonyl (C=O) groups excluding carboxylic acids is 2. The molecule has 2 atom stereocenters. The lowest BCUT2D eigenvalue weighted by Crippen LogP contribution is -2.55. The van der Waals surface area contributed by atoms with Crippen LogP contribution in [-0.4, -0.2) is 52.5 Å². The highest BCUT2D eigenvalue weighted by Crippen LogP contribution is 2.42. The fraction of sp³-hybridized carbons (Fsp3) is 0.448. The zero-order chi connectivity index (χ0) is 23.3. The monoisotopic (exact) mass is 474 g/mol. The molecule has 2 unspecified atom stereocenters. The average molecular weight is 475 g/mol. The standard InChI is InChI=1S/C29H34N2O2S/c32-28(30-17-15-24(16-18-30)19-22-9-3-1-4-10-22)21-31-25-13-7-8-14-26(25)34-27(29(31)33)20-23-11-5-2-6-12-23/h1-6,9-12,20,24-26H,7-8,13-19,21H2/b27-20-. The summed E-state index contributed by atoms with van der Waals surface area (Å²) >= 11 is 1.73. The van der Waals surface area contributed by atoms with Crippen LogP contribution in [0, 0.1) is 5.92 Å². The fourth-order valence-electron chi connectivity index (χ4n) is 5.64. The number of amides is 2.